The van der Waals surface area contributed by atoms with E-state index in [1.54, 1.807) is 0 Å². The molecular weight excluding hydrogens is 146 g/mol. The molecule has 68 valence electrons. The first kappa shape index (κ1) is 9.37. The van der Waals surface area contributed by atoms with E-state index in [1.807, 2.05) is 0 Å². The maximum atomic E-state index is 2.28. The monoisotopic (exact) mass is 165 g/mol. The Hall–Kier alpha value is -0.720. The van der Waals surface area contributed by atoms with E-state index >= 15 is 0 Å². The number of hydrogen-bond donors (Lipinski definition) is 0. The summed E-state index contributed by atoms with van der Waals surface area (Å²) in [6.45, 7) is 8.91. The normalized spacial score (nSPS) is 18.3. The second-order valence-corrected chi connectivity index (χ2v) is 4.05. The van der Waals surface area contributed by atoms with Crippen LogP contribution >= 0.6 is 0 Å². The van der Waals surface area contributed by atoms with Crippen molar-refractivity contribution in [3.63, 3.8) is 0 Å². The molecule has 0 radical (unpaired) electrons. The van der Waals surface area contributed by atoms with Gasteiger partial charge in [0, 0.05) is 24.4 Å². The average Bonchev–Trinajstić information content (AvgIpc) is 2.04. The minimum atomic E-state index is 0.575. The molecule has 0 aromatic rings. The van der Waals surface area contributed by atoms with Crippen molar-refractivity contribution in [1.82, 2.24) is 4.90 Å². The van der Waals surface area contributed by atoms with E-state index in [4.69, 9.17) is 0 Å². The van der Waals surface area contributed by atoms with Gasteiger partial charge >= 0.3 is 0 Å². The van der Waals surface area contributed by atoms with Crippen molar-refractivity contribution < 1.29 is 0 Å². The zero-order valence-corrected chi connectivity index (χ0v) is 8.49. The molecule has 0 saturated heterocycles. The lowest BCUT2D eigenvalue weighted by atomic mass is 9.94. The van der Waals surface area contributed by atoms with Gasteiger partial charge in [0.15, 0.2) is 0 Å². The van der Waals surface area contributed by atoms with Crippen LogP contribution in [0.1, 0.15) is 27.7 Å². The van der Waals surface area contributed by atoms with Gasteiger partial charge in [-0.05, 0) is 19.8 Å². The zero-order valence-electron chi connectivity index (χ0n) is 8.49. The lowest BCUT2D eigenvalue weighted by molar-refractivity contribution is 0.394. The number of hydrogen-bond acceptors (Lipinski definition) is 1. The Balaban J connectivity index is 2.54. The van der Waals surface area contributed by atoms with Gasteiger partial charge in [-0.15, -0.1) is 0 Å². The Morgan fingerprint density at radius 1 is 1.00 bits per heavy atom. The third kappa shape index (κ3) is 2.13. The van der Waals surface area contributed by atoms with Crippen molar-refractivity contribution >= 4 is 0 Å². The van der Waals surface area contributed by atoms with Crippen LogP contribution in [0.5, 0.6) is 0 Å². The summed E-state index contributed by atoms with van der Waals surface area (Å²) in [7, 11) is 0. The summed E-state index contributed by atoms with van der Waals surface area (Å²) in [5.41, 5.74) is 0. The summed E-state index contributed by atoms with van der Waals surface area (Å²) in [5.74, 6) is 1.34. The van der Waals surface area contributed by atoms with Crippen LogP contribution in [0.4, 0.5) is 0 Å². The maximum absolute atomic E-state index is 2.28. The van der Waals surface area contributed by atoms with Gasteiger partial charge in [0.1, 0.15) is 0 Å². The molecule has 0 aliphatic carbocycles. The largest absolute Gasteiger partial charge is 0.352 e. The summed E-state index contributed by atoms with van der Waals surface area (Å²) in [4.78, 5) is 2.24. The first-order valence-electron chi connectivity index (χ1n) is 4.75. The van der Waals surface area contributed by atoms with Crippen LogP contribution in [-0.2, 0) is 0 Å². The van der Waals surface area contributed by atoms with Crippen LogP contribution in [-0.4, -0.2) is 10.9 Å². The smallest absolute Gasteiger partial charge is 0.0273 e. The first-order chi connectivity index (χ1) is 5.61. The summed E-state index contributed by atoms with van der Waals surface area (Å²) in [6, 6.07) is 0.575. The fourth-order valence-corrected chi connectivity index (χ4v) is 1.30. The fraction of sp³-hybridized carbons (Fsp3) is 0.636. The highest BCUT2D eigenvalue weighted by molar-refractivity contribution is 5.09. The quantitative estimate of drug-likeness (QED) is 0.608. The molecule has 1 aliphatic heterocycles. The van der Waals surface area contributed by atoms with Crippen LogP contribution in [0.2, 0.25) is 0 Å². The minimum absolute atomic E-state index is 0.575. The molecule has 1 heteroatoms. The Labute approximate surface area is 75.8 Å². The van der Waals surface area contributed by atoms with E-state index in [1.165, 1.54) is 0 Å². The number of allylic oxidation sites excluding steroid dienone is 2. The highest BCUT2D eigenvalue weighted by atomic mass is 15.1. The summed E-state index contributed by atoms with van der Waals surface area (Å²) >= 11 is 0. The molecule has 0 bridgehead atoms. The molecule has 1 nitrogen and oxygen atoms in total. The van der Waals surface area contributed by atoms with Crippen LogP contribution in [0.3, 0.4) is 0 Å². The van der Waals surface area contributed by atoms with Gasteiger partial charge in [-0.25, -0.2) is 0 Å². The molecule has 1 aliphatic rings. The molecule has 0 unspecified atom stereocenters. The Kier molecular flexibility index (Phi) is 2.96. The summed E-state index contributed by atoms with van der Waals surface area (Å²) < 4.78 is 0. The van der Waals surface area contributed by atoms with Crippen LogP contribution in [0, 0.1) is 11.8 Å². The second kappa shape index (κ2) is 3.79. The molecule has 1 rings (SSSR count). The topological polar surface area (TPSA) is 3.24 Å². The Morgan fingerprint density at radius 2 is 1.50 bits per heavy atom. The van der Waals surface area contributed by atoms with Gasteiger partial charge in [0.05, 0.1) is 0 Å². The van der Waals surface area contributed by atoms with E-state index in [9.17, 15) is 0 Å². The Morgan fingerprint density at radius 3 is 1.83 bits per heavy atom. The highest BCUT2D eigenvalue weighted by Gasteiger charge is 2.11. The van der Waals surface area contributed by atoms with Gasteiger partial charge in [-0.3, -0.25) is 0 Å². The molecule has 0 spiro atoms. The predicted octanol–water partition coefficient (Wildman–Crippen LogP) is 3.01. The molecule has 0 saturated carbocycles. The standard InChI is InChI=1S/C11H19N/c1-9(2)11-5-7-12(8-6-11)10(3)4/h5-11H,1-4H3. The molecule has 0 aromatic carbocycles. The SMILES string of the molecule is CC(C)C1C=CN(C(C)C)C=C1. The Bertz CT molecular complexity index is 155. The molecule has 1 heterocycles. The van der Waals surface area contributed by atoms with Crippen molar-refractivity contribution in [2.75, 3.05) is 0 Å². The van der Waals surface area contributed by atoms with Crippen molar-refractivity contribution in [2.24, 2.45) is 11.8 Å². The molecule has 0 fully saturated rings. The van der Waals surface area contributed by atoms with Gasteiger partial charge in [0.2, 0.25) is 0 Å². The van der Waals surface area contributed by atoms with Crippen molar-refractivity contribution in [3.8, 4) is 0 Å². The van der Waals surface area contributed by atoms with E-state index in [2.05, 4.69) is 57.1 Å². The average molecular weight is 165 g/mol. The zero-order chi connectivity index (χ0) is 9.14. The van der Waals surface area contributed by atoms with E-state index in [0.717, 1.165) is 0 Å². The van der Waals surface area contributed by atoms with Gasteiger partial charge in [0.25, 0.3) is 0 Å². The van der Waals surface area contributed by atoms with E-state index in [0.29, 0.717) is 17.9 Å². The summed E-state index contributed by atoms with van der Waals surface area (Å²) in [5, 5.41) is 0. The molecule has 0 atom stereocenters. The van der Waals surface area contributed by atoms with Gasteiger partial charge in [-0.2, -0.15) is 0 Å². The van der Waals surface area contributed by atoms with E-state index in [-0.39, 0.29) is 0 Å². The fourth-order valence-electron chi connectivity index (χ4n) is 1.30. The van der Waals surface area contributed by atoms with E-state index < -0.39 is 0 Å². The first-order valence-corrected chi connectivity index (χ1v) is 4.75. The second-order valence-electron chi connectivity index (χ2n) is 4.05. The maximum Gasteiger partial charge on any atom is 0.0273 e. The van der Waals surface area contributed by atoms with Crippen molar-refractivity contribution in [1.29, 1.82) is 0 Å². The predicted molar refractivity (Wildman–Crippen MR) is 53.6 cm³/mol. The molecular formula is C11H19N. The lowest BCUT2D eigenvalue weighted by Crippen LogP contribution is -2.22. The number of rotatable bonds is 2. The molecule has 0 amide bonds. The number of nitrogens with zero attached hydrogens (tertiary/aromatic N) is 1. The van der Waals surface area contributed by atoms with Crippen molar-refractivity contribution in [2.45, 2.75) is 33.7 Å². The third-order valence-corrected chi connectivity index (χ3v) is 2.33. The minimum Gasteiger partial charge on any atom is -0.352 e. The van der Waals surface area contributed by atoms with Gasteiger partial charge in [-0.1, -0.05) is 26.0 Å². The van der Waals surface area contributed by atoms with Crippen LogP contribution in [0.25, 0.3) is 0 Å². The van der Waals surface area contributed by atoms with Crippen LogP contribution in [0.15, 0.2) is 24.6 Å². The van der Waals surface area contributed by atoms with Crippen LogP contribution < -0.4 is 0 Å². The third-order valence-electron chi connectivity index (χ3n) is 2.33. The molecule has 12 heavy (non-hydrogen) atoms. The molecule has 0 N–H and O–H groups in total. The molecule has 0 aromatic heterocycles. The van der Waals surface area contributed by atoms with Crippen molar-refractivity contribution in [3.05, 3.63) is 24.6 Å². The lowest BCUT2D eigenvalue weighted by Gasteiger charge is -2.26. The highest BCUT2D eigenvalue weighted by Crippen LogP contribution is 2.19. The summed E-state index contributed by atoms with van der Waals surface area (Å²) in [6.07, 6.45) is 8.94. The van der Waals surface area contributed by atoms with Gasteiger partial charge < -0.3 is 4.90 Å².